The Hall–Kier alpha value is -1.63. The lowest BCUT2D eigenvalue weighted by Crippen LogP contribution is -2.44. The molecule has 6 nitrogen and oxygen atoms in total. The molecule has 24 heavy (non-hydrogen) atoms. The van der Waals surface area contributed by atoms with Gasteiger partial charge in [0.25, 0.3) is 0 Å². The van der Waals surface area contributed by atoms with Gasteiger partial charge in [0.05, 0.1) is 24.3 Å². The van der Waals surface area contributed by atoms with Crippen molar-refractivity contribution in [2.24, 2.45) is 0 Å². The van der Waals surface area contributed by atoms with Crippen LogP contribution >= 0.6 is 0 Å². The molecular formula is C18H27N5O. The van der Waals surface area contributed by atoms with Gasteiger partial charge in [0.15, 0.2) is 0 Å². The summed E-state index contributed by atoms with van der Waals surface area (Å²) >= 11 is 0. The van der Waals surface area contributed by atoms with Crippen molar-refractivity contribution in [1.82, 2.24) is 24.3 Å². The number of fused-ring (bicyclic) bond motifs is 1. The largest absolute Gasteiger partial charge is 0.472 e. The fourth-order valence-electron chi connectivity index (χ4n) is 3.80. The molecule has 0 aromatic carbocycles. The normalized spacial score (nSPS) is 23.5. The number of hydrogen-bond acceptors (Lipinski definition) is 5. The number of hydrogen-bond donors (Lipinski definition) is 0. The van der Waals surface area contributed by atoms with E-state index in [-0.39, 0.29) is 0 Å². The molecule has 0 N–H and O–H groups in total. The monoisotopic (exact) mass is 329 g/mol. The lowest BCUT2D eigenvalue weighted by Gasteiger charge is -2.35. The van der Waals surface area contributed by atoms with Crippen LogP contribution in [0.5, 0.6) is 0 Å². The fourth-order valence-corrected chi connectivity index (χ4v) is 3.80. The van der Waals surface area contributed by atoms with E-state index in [2.05, 4.69) is 39.4 Å². The molecule has 2 aliphatic rings. The van der Waals surface area contributed by atoms with Crippen LogP contribution in [0, 0.1) is 0 Å². The summed E-state index contributed by atoms with van der Waals surface area (Å²) in [6, 6.07) is 2.39. The van der Waals surface area contributed by atoms with Gasteiger partial charge in [0, 0.05) is 64.1 Å². The summed E-state index contributed by atoms with van der Waals surface area (Å²) in [5.41, 5.74) is 2.60. The number of rotatable bonds is 4. The van der Waals surface area contributed by atoms with Gasteiger partial charge in [-0.25, -0.2) is 4.98 Å². The van der Waals surface area contributed by atoms with Gasteiger partial charge in [0.2, 0.25) is 0 Å². The highest BCUT2D eigenvalue weighted by molar-refractivity contribution is 5.13. The first-order valence-electron chi connectivity index (χ1n) is 8.91. The molecule has 6 heteroatoms. The third kappa shape index (κ3) is 3.14. The van der Waals surface area contributed by atoms with Crippen LogP contribution in [0.1, 0.15) is 30.0 Å². The zero-order valence-corrected chi connectivity index (χ0v) is 14.7. The molecule has 4 rings (SSSR count). The first-order chi connectivity index (χ1) is 11.7. The van der Waals surface area contributed by atoms with E-state index in [1.807, 2.05) is 12.3 Å². The molecule has 2 aromatic rings. The standard InChI is InChI=1S/C18H27N5O/c1-15-18-19-11-17(13-21-6-4-20(2)5-7-21)23(18)9-8-22(15)12-16-3-10-24-14-16/h3,10-11,14-15H,4-9,12-13H2,1-2H3/t15-/m0/s1. The molecule has 0 saturated carbocycles. The summed E-state index contributed by atoms with van der Waals surface area (Å²) in [6.45, 7) is 10.9. The van der Waals surface area contributed by atoms with Crippen molar-refractivity contribution >= 4 is 0 Å². The molecule has 0 amide bonds. The van der Waals surface area contributed by atoms with Crippen LogP contribution in [0.25, 0.3) is 0 Å². The van der Waals surface area contributed by atoms with Gasteiger partial charge in [-0.1, -0.05) is 0 Å². The van der Waals surface area contributed by atoms with Gasteiger partial charge < -0.3 is 13.9 Å². The van der Waals surface area contributed by atoms with E-state index in [1.54, 1.807) is 6.26 Å². The Morgan fingerprint density at radius 2 is 1.96 bits per heavy atom. The van der Waals surface area contributed by atoms with Crippen molar-refractivity contribution in [2.75, 3.05) is 39.8 Å². The van der Waals surface area contributed by atoms with Crippen LogP contribution in [0.4, 0.5) is 0 Å². The summed E-state index contributed by atoms with van der Waals surface area (Å²) in [4.78, 5) is 12.2. The minimum atomic E-state index is 0.342. The summed E-state index contributed by atoms with van der Waals surface area (Å²) < 4.78 is 7.64. The predicted molar refractivity (Wildman–Crippen MR) is 92.5 cm³/mol. The summed E-state index contributed by atoms with van der Waals surface area (Å²) in [5.74, 6) is 1.20. The second kappa shape index (κ2) is 6.70. The fraction of sp³-hybridized carbons (Fsp3) is 0.611. The van der Waals surface area contributed by atoms with Crippen LogP contribution < -0.4 is 0 Å². The van der Waals surface area contributed by atoms with Gasteiger partial charge in [0.1, 0.15) is 5.82 Å². The Kier molecular flexibility index (Phi) is 4.43. The number of aromatic nitrogens is 2. The molecule has 0 unspecified atom stereocenters. The average Bonchev–Trinajstić information content (AvgIpc) is 3.23. The number of piperazine rings is 1. The molecule has 4 heterocycles. The zero-order chi connectivity index (χ0) is 16.5. The van der Waals surface area contributed by atoms with Crippen LogP contribution in [0.2, 0.25) is 0 Å². The maximum absolute atomic E-state index is 5.20. The van der Waals surface area contributed by atoms with Crippen molar-refractivity contribution in [2.45, 2.75) is 32.6 Å². The lowest BCUT2D eigenvalue weighted by molar-refractivity contribution is 0.136. The minimum absolute atomic E-state index is 0.342. The molecule has 0 bridgehead atoms. The number of furan rings is 1. The Bertz CT molecular complexity index is 657. The van der Waals surface area contributed by atoms with E-state index < -0.39 is 0 Å². The molecule has 2 aliphatic heterocycles. The topological polar surface area (TPSA) is 40.7 Å². The highest BCUT2D eigenvalue weighted by Gasteiger charge is 2.28. The van der Waals surface area contributed by atoms with Crippen LogP contribution in [-0.2, 0) is 19.6 Å². The smallest absolute Gasteiger partial charge is 0.126 e. The Labute approximate surface area is 143 Å². The number of nitrogens with zero attached hydrogens (tertiary/aromatic N) is 5. The van der Waals surface area contributed by atoms with Crippen LogP contribution in [0.3, 0.4) is 0 Å². The number of likely N-dealkylation sites (N-methyl/N-ethyl adjacent to an activating group) is 1. The van der Waals surface area contributed by atoms with Gasteiger partial charge in [-0.3, -0.25) is 9.80 Å². The molecule has 2 aromatic heterocycles. The molecule has 1 saturated heterocycles. The highest BCUT2D eigenvalue weighted by atomic mass is 16.3. The van der Waals surface area contributed by atoms with Gasteiger partial charge in [-0.05, 0) is 20.0 Å². The van der Waals surface area contributed by atoms with Gasteiger partial charge in [-0.15, -0.1) is 0 Å². The van der Waals surface area contributed by atoms with Crippen LogP contribution in [0.15, 0.2) is 29.2 Å². The Morgan fingerprint density at radius 3 is 2.71 bits per heavy atom. The summed E-state index contributed by atoms with van der Waals surface area (Å²) in [7, 11) is 2.20. The second-order valence-corrected chi connectivity index (χ2v) is 7.12. The first-order valence-corrected chi connectivity index (χ1v) is 8.91. The third-order valence-corrected chi connectivity index (χ3v) is 5.45. The second-order valence-electron chi connectivity index (χ2n) is 7.12. The average molecular weight is 329 g/mol. The Morgan fingerprint density at radius 1 is 1.12 bits per heavy atom. The number of imidazole rings is 1. The zero-order valence-electron chi connectivity index (χ0n) is 14.7. The Balaban J connectivity index is 1.44. The van der Waals surface area contributed by atoms with E-state index >= 15 is 0 Å². The van der Waals surface area contributed by atoms with Crippen molar-refractivity contribution in [3.05, 3.63) is 41.9 Å². The quantitative estimate of drug-likeness (QED) is 0.855. The van der Waals surface area contributed by atoms with Gasteiger partial charge >= 0.3 is 0 Å². The lowest BCUT2D eigenvalue weighted by atomic mass is 10.2. The van der Waals surface area contributed by atoms with E-state index in [1.165, 1.54) is 17.1 Å². The molecule has 0 spiro atoms. The molecule has 0 radical (unpaired) electrons. The summed E-state index contributed by atoms with van der Waals surface area (Å²) in [5, 5.41) is 0. The van der Waals surface area contributed by atoms with E-state index in [9.17, 15) is 0 Å². The highest BCUT2D eigenvalue weighted by Crippen LogP contribution is 2.27. The van der Waals surface area contributed by atoms with E-state index in [4.69, 9.17) is 9.40 Å². The van der Waals surface area contributed by atoms with E-state index in [0.717, 1.165) is 52.4 Å². The van der Waals surface area contributed by atoms with Gasteiger partial charge in [-0.2, -0.15) is 0 Å². The van der Waals surface area contributed by atoms with E-state index in [0.29, 0.717) is 6.04 Å². The SMILES string of the molecule is C[C@H]1c2ncc(CN3CCN(C)CC3)n2CCN1Cc1ccoc1. The predicted octanol–water partition coefficient (Wildman–Crippen LogP) is 1.80. The molecule has 0 aliphatic carbocycles. The van der Waals surface area contributed by atoms with Crippen molar-refractivity contribution < 1.29 is 4.42 Å². The third-order valence-electron chi connectivity index (χ3n) is 5.45. The molecular weight excluding hydrogens is 302 g/mol. The first kappa shape index (κ1) is 15.9. The molecule has 1 atom stereocenters. The van der Waals surface area contributed by atoms with Crippen molar-refractivity contribution in [1.29, 1.82) is 0 Å². The molecule has 130 valence electrons. The minimum Gasteiger partial charge on any atom is -0.472 e. The summed E-state index contributed by atoms with van der Waals surface area (Å²) in [6.07, 6.45) is 5.68. The van der Waals surface area contributed by atoms with Crippen molar-refractivity contribution in [3.8, 4) is 0 Å². The maximum atomic E-state index is 5.20. The van der Waals surface area contributed by atoms with Crippen LogP contribution in [-0.4, -0.2) is 64.0 Å². The van der Waals surface area contributed by atoms with Crippen molar-refractivity contribution in [3.63, 3.8) is 0 Å². The maximum Gasteiger partial charge on any atom is 0.126 e. The molecule has 1 fully saturated rings.